The molecule has 0 aliphatic carbocycles. The average Bonchev–Trinajstić information content (AvgIpc) is 2.70. The molecule has 0 aliphatic rings. The van der Waals surface area contributed by atoms with Gasteiger partial charge in [0.25, 0.3) is 0 Å². The summed E-state index contributed by atoms with van der Waals surface area (Å²) in [6.45, 7) is 0.429. The van der Waals surface area contributed by atoms with E-state index in [9.17, 15) is 0 Å². The number of hydrogen-bond donors (Lipinski definition) is 1. The molecule has 3 nitrogen and oxygen atoms in total. The highest BCUT2D eigenvalue weighted by molar-refractivity contribution is 9.10. The molecule has 1 aromatic carbocycles. The molecule has 0 spiro atoms. The highest BCUT2D eigenvalue weighted by Gasteiger charge is 2.05. The van der Waals surface area contributed by atoms with Crippen molar-refractivity contribution in [3.05, 3.63) is 45.7 Å². The van der Waals surface area contributed by atoms with Crippen molar-refractivity contribution < 1.29 is 0 Å². The molecule has 0 atom stereocenters. The average molecular weight is 287 g/mol. The van der Waals surface area contributed by atoms with Crippen LogP contribution in [-0.2, 0) is 6.54 Å². The van der Waals surface area contributed by atoms with Crippen molar-refractivity contribution in [1.82, 2.24) is 9.78 Å². The van der Waals surface area contributed by atoms with Crippen LogP contribution in [0.3, 0.4) is 0 Å². The quantitative estimate of drug-likeness (QED) is 0.922. The van der Waals surface area contributed by atoms with E-state index in [1.54, 1.807) is 4.68 Å². The van der Waals surface area contributed by atoms with Gasteiger partial charge in [0.2, 0.25) is 0 Å². The van der Waals surface area contributed by atoms with E-state index < -0.39 is 0 Å². The molecule has 2 rings (SSSR count). The van der Waals surface area contributed by atoms with Gasteiger partial charge in [-0.2, -0.15) is 5.10 Å². The van der Waals surface area contributed by atoms with Crippen molar-refractivity contribution >= 4 is 27.5 Å². The zero-order chi connectivity index (χ0) is 10.8. The molecular weight excluding hydrogens is 277 g/mol. The van der Waals surface area contributed by atoms with Crippen LogP contribution in [0.15, 0.2) is 34.9 Å². The van der Waals surface area contributed by atoms with Crippen LogP contribution in [0.2, 0.25) is 5.02 Å². The van der Waals surface area contributed by atoms with Crippen LogP contribution in [0.4, 0.5) is 0 Å². The van der Waals surface area contributed by atoms with Crippen LogP contribution < -0.4 is 5.73 Å². The van der Waals surface area contributed by atoms with Gasteiger partial charge in [0, 0.05) is 17.2 Å². The van der Waals surface area contributed by atoms with Gasteiger partial charge in [-0.25, -0.2) is 4.68 Å². The fourth-order valence-corrected chi connectivity index (χ4v) is 1.82. The first-order valence-corrected chi connectivity index (χ1v) is 5.58. The van der Waals surface area contributed by atoms with Gasteiger partial charge in [-0.15, -0.1) is 0 Å². The monoisotopic (exact) mass is 285 g/mol. The number of aromatic nitrogens is 2. The minimum Gasteiger partial charge on any atom is -0.325 e. The van der Waals surface area contributed by atoms with E-state index in [0.717, 1.165) is 15.9 Å². The van der Waals surface area contributed by atoms with Crippen LogP contribution in [0.25, 0.3) is 5.69 Å². The van der Waals surface area contributed by atoms with Crippen LogP contribution in [0.1, 0.15) is 5.69 Å². The maximum absolute atomic E-state index is 6.07. The molecule has 0 saturated heterocycles. The van der Waals surface area contributed by atoms with Gasteiger partial charge in [0.15, 0.2) is 0 Å². The van der Waals surface area contributed by atoms with Crippen LogP contribution in [0, 0.1) is 0 Å². The van der Waals surface area contributed by atoms with Crippen LogP contribution >= 0.6 is 27.5 Å². The molecule has 15 heavy (non-hydrogen) atoms. The largest absolute Gasteiger partial charge is 0.325 e. The molecular formula is C10H9BrClN3. The Morgan fingerprint density at radius 3 is 2.87 bits per heavy atom. The van der Waals surface area contributed by atoms with Gasteiger partial charge in [-0.05, 0) is 24.3 Å². The van der Waals surface area contributed by atoms with E-state index in [2.05, 4.69) is 21.0 Å². The SMILES string of the molecule is NCc1ccn(-c2cc(Br)ccc2Cl)n1. The number of nitrogens with zero attached hydrogens (tertiary/aromatic N) is 2. The standard InChI is InChI=1S/C10H9BrClN3/c11-7-1-2-9(12)10(5-7)15-4-3-8(6-13)14-15/h1-5H,6,13H2. The molecule has 0 bridgehead atoms. The minimum absolute atomic E-state index is 0.429. The lowest BCUT2D eigenvalue weighted by molar-refractivity contribution is 0.833. The minimum atomic E-state index is 0.429. The number of hydrogen-bond acceptors (Lipinski definition) is 2. The Morgan fingerprint density at radius 2 is 2.20 bits per heavy atom. The van der Waals surface area contributed by atoms with Crippen LogP contribution in [0.5, 0.6) is 0 Å². The van der Waals surface area contributed by atoms with Gasteiger partial charge in [-0.1, -0.05) is 27.5 Å². The summed E-state index contributed by atoms with van der Waals surface area (Å²) in [4.78, 5) is 0. The Bertz CT molecular complexity index is 481. The third-order valence-electron chi connectivity index (χ3n) is 2.01. The Morgan fingerprint density at radius 1 is 1.40 bits per heavy atom. The Labute approximate surface area is 101 Å². The first-order chi connectivity index (χ1) is 7.20. The van der Waals surface area contributed by atoms with Crippen molar-refractivity contribution in [1.29, 1.82) is 0 Å². The lowest BCUT2D eigenvalue weighted by atomic mass is 10.3. The summed E-state index contributed by atoms with van der Waals surface area (Å²) >= 11 is 9.46. The topological polar surface area (TPSA) is 43.8 Å². The van der Waals surface area contributed by atoms with Crippen molar-refractivity contribution in [3.63, 3.8) is 0 Å². The fourth-order valence-electron chi connectivity index (χ4n) is 1.27. The van der Waals surface area contributed by atoms with Gasteiger partial charge < -0.3 is 5.73 Å². The van der Waals surface area contributed by atoms with E-state index >= 15 is 0 Å². The molecule has 2 aromatic rings. The zero-order valence-corrected chi connectivity index (χ0v) is 10.2. The number of rotatable bonds is 2. The first kappa shape index (κ1) is 10.7. The summed E-state index contributed by atoms with van der Waals surface area (Å²) in [6, 6.07) is 7.50. The van der Waals surface area contributed by atoms with Crippen molar-refractivity contribution in [2.24, 2.45) is 5.73 Å². The summed E-state index contributed by atoms with van der Waals surface area (Å²) in [5.74, 6) is 0. The van der Waals surface area contributed by atoms with E-state index in [0.29, 0.717) is 11.6 Å². The molecule has 0 fully saturated rings. The van der Waals surface area contributed by atoms with Gasteiger partial charge in [0.1, 0.15) is 0 Å². The summed E-state index contributed by atoms with van der Waals surface area (Å²) in [7, 11) is 0. The smallest absolute Gasteiger partial charge is 0.0843 e. The third kappa shape index (κ3) is 2.22. The summed E-state index contributed by atoms with van der Waals surface area (Å²) in [6.07, 6.45) is 1.84. The second-order valence-corrected chi connectivity index (χ2v) is 4.37. The lowest BCUT2D eigenvalue weighted by Crippen LogP contribution is -2.00. The van der Waals surface area contributed by atoms with Crippen molar-refractivity contribution in [2.45, 2.75) is 6.54 Å². The van der Waals surface area contributed by atoms with Crippen molar-refractivity contribution in [3.8, 4) is 5.69 Å². The molecule has 0 unspecified atom stereocenters. The maximum atomic E-state index is 6.07. The van der Waals surface area contributed by atoms with E-state index in [1.807, 2.05) is 30.5 Å². The molecule has 0 amide bonds. The Balaban J connectivity index is 2.48. The molecule has 78 valence electrons. The zero-order valence-electron chi connectivity index (χ0n) is 7.82. The molecule has 0 aliphatic heterocycles. The summed E-state index contributed by atoms with van der Waals surface area (Å²) in [5, 5.41) is 4.94. The van der Waals surface area contributed by atoms with E-state index in [1.165, 1.54) is 0 Å². The predicted molar refractivity (Wildman–Crippen MR) is 64.2 cm³/mol. The lowest BCUT2D eigenvalue weighted by Gasteiger charge is -2.04. The molecule has 0 radical (unpaired) electrons. The first-order valence-electron chi connectivity index (χ1n) is 4.41. The third-order valence-corrected chi connectivity index (χ3v) is 2.82. The Hall–Kier alpha value is -0.840. The molecule has 1 aromatic heterocycles. The number of halogens is 2. The second-order valence-electron chi connectivity index (χ2n) is 3.05. The van der Waals surface area contributed by atoms with Gasteiger partial charge in [0.05, 0.1) is 16.4 Å². The normalized spacial score (nSPS) is 10.6. The molecule has 2 N–H and O–H groups in total. The van der Waals surface area contributed by atoms with Crippen molar-refractivity contribution in [2.75, 3.05) is 0 Å². The molecule has 5 heteroatoms. The predicted octanol–water partition coefficient (Wildman–Crippen LogP) is 2.75. The van der Waals surface area contributed by atoms with E-state index in [-0.39, 0.29) is 0 Å². The summed E-state index contributed by atoms with van der Waals surface area (Å²) < 4.78 is 2.68. The molecule has 0 saturated carbocycles. The Kier molecular flexibility index (Phi) is 3.09. The van der Waals surface area contributed by atoms with E-state index in [4.69, 9.17) is 17.3 Å². The fraction of sp³-hybridized carbons (Fsp3) is 0.100. The maximum Gasteiger partial charge on any atom is 0.0843 e. The van der Waals surface area contributed by atoms with Gasteiger partial charge in [-0.3, -0.25) is 0 Å². The van der Waals surface area contributed by atoms with Crippen LogP contribution in [-0.4, -0.2) is 9.78 Å². The summed E-state index contributed by atoms with van der Waals surface area (Å²) in [5.41, 5.74) is 7.17. The second kappa shape index (κ2) is 4.35. The number of benzene rings is 1. The van der Waals surface area contributed by atoms with Gasteiger partial charge >= 0.3 is 0 Å². The number of nitrogens with two attached hydrogens (primary N) is 1. The molecule has 1 heterocycles. The highest BCUT2D eigenvalue weighted by Crippen LogP contribution is 2.24. The highest BCUT2D eigenvalue weighted by atomic mass is 79.9.